The number of carbonyl (C=O) groups excluding carboxylic acids is 1. The van der Waals surface area contributed by atoms with Gasteiger partial charge in [0, 0.05) is 35.6 Å². The molecule has 1 aliphatic rings. The lowest BCUT2D eigenvalue weighted by Gasteiger charge is -2.25. The summed E-state index contributed by atoms with van der Waals surface area (Å²) in [6.07, 6.45) is 0.288. The highest BCUT2D eigenvalue weighted by Gasteiger charge is 2.34. The van der Waals surface area contributed by atoms with E-state index in [1.165, 1.54) is 7.11 Å². The van der Waals surface area contributed by atoms with Crippen molar-refractivity contribution in [1.29, 1.82) is 0 Å². The standard InChI is InChI=1S/C20H21N5O4/c1-11-19-14(13-6-5-12(27-2)9-15(13)28-3)10-17(26)21-20(19)25(24-11)16-7-8-18(29-4)23-22-16/h5-9,14H,10H2,1-4H3,(H,21,26)/t14-/m1/s1. The summed E-state index contributed by atoms with van der Waals surface area (Å²) < 4.78 is 17.5. The van der Waals surface area contributed by atoms with Crippen LogP contribution >= 0.6 is 0 Å². The first-order chi connectivity index (χ1) is 14.0. The number of rotatable bonds is 5. The second kappa shape index (κ2) is 7.42. The molecule has 1 aromatic carbocycles. The van der Waals surface area contributed by atoms with Crippen molar-refractivity contribution in [3.8, 4) is 23.2 Å². The largest absolute Gasteiger partial charge is 0.497 e. The molecule has 4 rings (SSSR count). The van der Waals surface area contributed by atoms with Crippen molar-refractivity contribution >= 4 is 11.7 Å². The average Bonchev–Trinajstić information content (AvgIpc) is 3.08. The summed E-state index contributed by atoms with van der Waals surface area (Å²) in [4.78, 5) is 12.6. The molecule has 3 heterocycles. The molecule has 0 unspecified atom stereocenters. The fourth-order valence-corrected chi connectivity index (χ4v) is 3.62. The molecule has 0 spiro atoms. The molecule has 9 heteroatoms. The Morgan fingerprint density at radius 3 is 2.55 bits per heavy atom. The average molecular weight is 395 g/mol. The number of hydrogen-bond donors (Lipinski definition) is 1. The summed E-state index contributed by atoms with van der Waals surface area (Å²) in [6, 6.07) is 9.03. The van der Waals surface area contributed by atoms with E-state index in [4.69, 9.17) is 14.2 Å². The number of aromatic nitrogens is 4. The fraction of sp³-hybridized carbons (Fsp3) is 0.300. The molecule has 0 saturated heterocycles. The first kappa shape index (κ1) is 18.7. The molecule has 1 aliphatic heterocycles. The maximum absolute atomic E-state index is 12.6. The third-order valence-corrected chi connectivity index (χ3v) is 4.97. The number of hydrogen-bond acceptors (Lipinski definition) is 7. The molecule has 0 saturated carbocycles. The first-order valence-corrected chi connectivity index (χ1v) is 9.05. The fourth-order valence-electron chi connectivity index (χ4n) is 3.62. The van der Waals surface area contributed by atoms with Gasteiger partial charge in [-0.1, -0.05) is 6.07 Å². The number of carbonyl (C=O) groups is 1. The van der Waals surface area contributed by atoms with Gasteiger partial charge >= 0.3 is 0 Å². The van der Waals surface area contributed by atoms with Crippen LogP contribution in [-0.2, 0) is 4.79 Å². The Morgan fingerprint density at radius 1 is 1.07 bits per heavy atom. The third kappa shape index (κ3) is 3.24. The van der Waals surface area contributed by atoms with Crippen LogP contribution in [0.2, 0.25) is 0 Å². The molecule has 0 bridgehead atoms. The zero-order valence-electron chi connectivity index (χ0n) is 16.6. The highest BCUT2D eigenvalue weighted by molar-refractivity contribution is 5.95. The van der Waals surface area contributed by atoms with E-state index in [2.05, 4.69) is 20.6 Å². The van der Waals surface area contributed by atoms with Crippen LogP contribution in [0.25, 0.3) is 5.82 Å². The molecular weight excluding hydrogens is 374 g/mol. The Kier molecular flexibility index (Phi) is 4.79. The maximum atomic E-state index is 12.6. The van der Waals surface area contributed by atoms with E-state index < -0.39 is 0 Å². The van der Waals surface area contributed by atoms with E-state index in [-0.39, 0.29) is 18.2 Å². The van der Waals surface area contributed by atoms with Gasteiger partial charge in [-0.05, 0) is 19.1 Å². The molecule has 29 heavy (non-hydrogen) atoms. The Hall–Kier alpha value is -3.62. The monoisotopic (exact) mass is 395 g/mol. The molecule has 0 aliphatic carbocycles. The van der Waals surface area contributed by atoms with Crippen molar-refractivity contribution in [2.45, 2.75) is 19.3 Å². The van der Waals surface area contributed by atoms with Gasteiger partial charge in [0.15, 0.2) is 5.82 Å². The summed E-state index contributed by atoms with van der Waals surface area (Å²) in [5.74, 6) is 2.50. The minimum absolute atomic E-state index is 0.108. The smallest absolute Gasteiger partial charge is 0.233 e. The topological polar surface area (TPSA) is 100 Å². The first-order valence-electron chi connectivity index (χ1n) is 9.05. The zero-order valence-corrected chi connectivity index (χ0v) is 16.6. The van der Waals surface area contributed by atoms with Gasteiger partial charge in [-0.2, -0.15) is 9.78 Å². The maximum Gasteiger partial charge on any atom is 0.233 e. The van der Waals surface area contributed by atoms with Gasteiger partial charge in [0.1, 0.15) is 17.3 Å². The number of anilines is 1. The Morgan fingerprint density at radius 2 is 1.90 bits per heavy atom. The van der Waals surface area contributed by atoms with Crippen molar-refractivity contribution in [3.05, 3.63) is 47.2 Å². The third-order valence-electron chi connectivity index (χ3n) is 4.97. The van der Waals surface area contributed by atoms with Gasteiger partial charge in [0.2, 0.25) is 11.8 Å². The lowest BCUT2D eigenvalue weighted by atomic mass is 9.85. The van der Waals surface area contributed by atoms with Crippen LogP contribution in [0, 0.1) is 6.92 Å². The molecule has 1 N–H and O–H groups in total. The second-order valence-electron chi connectivity index (χ2n) is 6.61. The van der Waals surface area contributed by atoms with Gasteiger partial charge < -0.3 is 19.5 Å². The van der Waals surface area contributed by atoms with Crippen LogP contribution in [0.5, 0.6) is 17.4 Å². The van der Waals surface area contributed by atoms with Crippen LogP contribution in [0.4, 0.5) is 5.82 Å². The second-order valence-corrected chi connectivity index (χ2v) is 6.61. The Bertz CT molecular complexity index is 1060. The van der Waals surface area contributed by atoms with Crippen LogP contribution in [0.3, 0.4) is 0 Å². The van der Waals surface area contributed by atoms with Crippen molar-refractivity contribution in [3.63, 3.8) is 0 Å². The molecule has 9 nitrogen and oxygen atoms in total. The highest BCUT2D eigenvalue weighted by Crippen LogP contribution is 2.43. The summed E-state index contributed by atoms with van der Waals surface area (Å²) in [5, 5.41) is 15.7. The van der Waals surface area contributed by atoms with Crippen molar-refractivity contribution in [2.75, 3.05) is 26.6 Å². The van der Waals surface area contributed by atoms with Gasteiger partial charge in [0.25, 0.3) is 0 Å². The molecule has 3 aromatic rings. The number of aryl methyl sites for hydroxylation is 1. The molecule has 150 valence electrons. The normalized spacial score (nSPS) is 15.4. The molecule has 2 aromatic heterocycles. The van der Waals surface area contributed by atoms with Gasteiger partial charge in [-0.15, -0.1) is 10.2 Å². The van der Waals surface area contributed by atoms with E-state index in [9.17, 15) is 4.79 Å². The summed E-state index contributed by atoms with van der Waals surface area (Å²) in [6.45, 7) is 1.91. The zero-order chi connectivity index (χ0) is 20.5. The summed E-state index contributed by atoms with van der Waals surface area (Å²) >= 11 is 0. The summed E-state index contributed by atoms with van der Waals surface area (Å²) in [7, 11) is 4.73. The minimum Gasteiger partial charge on any atom is -0.497 e. The van der Waals surface area contributed by atoms with Gasteiger partial charge in [-0.3, -0.25) is 4.79 Å². The van der Waals surface area contributed by atoms with E-state index in [1.807, 2.05) is 25.1 Å². The predicted molar refractivity (Wildman–Crippen MR) is 105 cm³/mol. The van der Waals surface area contributed by atoms with Crippen LogP contribution < -0.4 is 19.5 Å². The SMILES string of the molecule is COc1ccc([C@H]2CC(=O)Nc3c2c(C)nn3-c2ccc(OC)nn2)c(OC)c1. The summed E-state index contributed by atoms with van der Waals surface area (Å²) in [5.41, 5.74) is 2.61. The number of benzene rings is 1. The van der Waals surface area contributed by atoms with Crippen molar-refractivity contribution in [1.82, 2.24) is 20.0 Å². The van der Waals surface area contributed by atoms with Crippen molar-refractivity contribution < 1.29 is 19.0 Å². The molecular formula is C20H21N5O4. The highest BCUT2D eigenvalue weighted by atomic mass is 16.5. The predicted octanol–water partition coefficient (Wildman–Crippen LogP) is 2.47. The quantitative estimate of drug-likeness (QED) is 0.708. The van der Waals surface area contributed by atoms with Crippen LogP contribution in [0.1, 0.15) is 29.2 Å². The molecule has 1 atom stereocenters. The number of amides is 1. The lowest BCUT2D eigenvalue weighted by molar-refractivity contribution is -0.116. The van der Waals surface area contributed by atoms with Crippen LogP contribution in [0.15, 0.2) is 30.3 Å². The molecule has 0 radical (unpaired) electrons. The van der Waals surface area contributed by atoms with E-state index in [0.717, 1.165) is 16.8 Å². The van der Waals surface area contributed by atoms with E-state index in [0.29, 0.717) is 29.0 Å². The molecule has 1 amide bonds. The number of ether oxygens (including phenoxy) is 3. The minimum atomic E-state index is -0.209. The number of methoxy groups -OCH3 is 3. The van der Waals surface area contributed by atoms with Crippen molar-refractivity contribution in [2.24, 2.45) is 0 Å². The number of nitrogens with one attached hydrogen (secondary N) is 1. The number of nitrogens with zero attached hydrogens (tertiary/aromatic N) is 4. The van der Waals surface area contributed by atoms with Gasteiger partial charge in [-0.25, -0.2) is 0 Å². The van der Waals surface area contributed by atoms with Gasteiger partial charge in [0.05, 0.1) is 27.0 Å². The number of fused-ring (bicyclic) bond motifs is 1. The van der Waals surface area contributed by atoms with Crippen LogP contribution in [-0.4, -0.2) is 47.2 Å². The van der Waals surface area contributed by atoms with E-state index in [1.54, 1.807) is 31.0 Å². The van der Waals surface area contributed by atoms with E-state index >= 15 is 0 Å². The Balaban J connectivity index is 1.84. The Labute approximate surface area is 167 Å². The lowest BCUT2D eigenvalue weighted by Crippen LogP contribution is -2.25. The molecule has 0 fully saturated rings.